The van der Waals surface area contributed by atoms with E-state index >= 15 is 0 Å². The third-order valence-electron chi connectivity index (χ3n) is 2.28. The van der Waals surface area contributed by atoms with Gasteiger partial charge in [0.25, 0.3) is 0 Å². The van der Waals surface area contributed by atoms with Crippen LogP contribution in [0, 0.1) is 0 Å². The molecule has 1 aliphatic rings. The topological polar surface area (TPSA) is 56.3 Å². The summed E-state index contributed by atoms with van der Waals surface area (Å²) in [6.07, 6.45) is 1.40. The van der Waals surface area contributed by atoms with E-state index in [-0.39, 0.29) is 6.79 Å². The van der Waals surface area contributed by atoms with E-state index in [9.17, 15) is 0 Å². The maximum absolute atomic E-state index is 5.77. The van der Waals surface area contributed by atoms with Crippen molar-refractivity contribution in [3.8, 4) is 11.5 Å². The third-order valence-corrected chi connectivity index (χ3v) is 2.49. The number of halogens is 1. The van der Waals surface area contributed by atoms with Gasteiger partial charge in [0.1, 0.15) is 17.3 Å². The number of fused-ring (bicyclic) bond motifs is 1. The summed E-state index contributed by atoms with van der Waals surface area (Å²) in [5, 5.41) is 3.50. The lowest BCUT2D eigenvalue weighted by molar-refractivity contribution is 0.174. The van der Waals surface area contributed by atoms with Gasteiger partial charge >= 0.3 is 0 Å². The predicted octanol–water partition coefficient (Wildman–Crippen LogP) is 2.60. The Morgan fingerprint density at radius 2 is 2.00 bits per heavy atom. The highest BCUT2D eigenvalue weighted by Gasteiger charge is 2.13. The van der Waals surface area contributed by atoms with E-state index in [1.807, 2.05) is 18.2 Å². The Bertz CT molecular complexity index is 562. The molecule has 86 valence electrons. The number of nitrogens with one attached hydrogen (secondary N) is 1. The molecule has 0 radical (unpaired) electrons. The maximum Gasteiger partial charge on any atom is 0.231 e. The van der Waals surface area contributed by atoms with E-state index in [1.54, 1.807) is 6.07 Å². The fraction of sp³-hybridized carbons (Fsp3) is 0.0909. The molecule has 0 amide bonds. The highest BCUT2D eigenvalue weighted by Crippen LogP contribution is 2.34. The van der Waals surface area contributed by atoms with E-state index in [1.165, 1.54) is 6.33 Å². The molecule has 0 atom stereocenters. The Hall–Kier alpha value is -2.01. The van der Waals surface area contributed by atoms with Crippen molar-refractivity contribution in [1.29, 1.82) is 0 Å². The minimum atomic E-state index is 0.262. The molecule has 0 unspecified atom stereocenters. The SMILES string of the molecule is Clc1cc(Nc2ccc3c(c2)OCO3)ncn1. The fourth-order valence-electron chi connectivity index (χ4n) is 1.52. The number of ether oxygens (including phenoxy) is 2. The molecule has 0 spiro atoms. The molecule has 1 aromatic carbocycles. The molecule has 0 saturated carbocycles. The van der Waals surface area contributed by atoms with Crippen molar-refractivity contribution < 1.29 is 9.47 Å². The molecule has 0 aliphatic carbocycles. The monoisotopic (exact) mass is 249 g/mol. The summed E-state index contributed by atoms with van der Waals surface area (Å²) in [7, 11) is 0. The lowest BCUT2D eigenvalue weighted by atomic mass is 10.3. The molecule has 17 heavy (non-hydrogen) atoms. The number of anilines is 2. The van der Waals surface area contributed by atoms with Crippen molar-refractivity contribution in [2.75, 3.05) is 12.1 Å². The average molecular weight is 250 g/mol. The molecule has 3 rings (SSSR count). The molecule has 6 heteroatoms. The second-order valence-electron chi connectivity index (χ2n) is 3.42. The van der Waals surface area contributed by atoms with Gasteiger partial charge in [-0.3, -0.25) is 0 Å². The largest absolute Gasteiger partial charge is 0.454 e. The van der Waals surface area contributed by atoms with Crippen molar-refractivity contribution in [1.82, 2.24) is 9.97 Å². The first kappa shape index (κ1) is 10.2. The molecular weight excluding hydrogens is 242 g/mol. The van der Waals surface area contributed by atoms with Crippen LogP contribution in [-0.4, -0.2) is 16.8 Å². The fourth-order valence-corrected chi connectivity index (χ4v) is 1.67. The molecule has 2 aromatic rings. The Morgan fingerprint density at radius 1 is 1.12 bits per heavy atom. The zero-order valence-electron chi connectivity index (χ0n) is 8.68. The molecule has 1 aliphatic heterocycles. The smallest absolute Gasteiger partial charge is 0.231 e. The van der Waals surface area contributed by atoms with Crippen molar-refractivity contribution in [2.45, 2.75) is 0 Å². The zero-order valence-corrected chi connectivity index (χ0v) is 9.44. The van der Waals surface area contributed by atoms with Crippen LogP contribution in [0.2, 0.25) is 5.15 Å². The summed E-state index contributed by atoms with van der Waals surface area (Å²) >= 11 is 5.77. The minimum absolute atomic E-state index is 0.262. The molecule has 0 fully saturated rings. The van der Waals surface area contributed by atoms with Crippen LogP contribution < -0.4 is 14.8 Å². The van der Waals surface area contributed by atoms with Crippen molar-refractivity contribution in [3.05, 3.63) is 35.7 Å². The van der Waals surface area contributed by atoms with E-state index in [2.05, 4.69) is 15.3 Å². The molecule has 0 saturated heterocycles. The van der Waals surface area contributed by atoms with E-state index < -0.39 is 0 Å². The van der Waals surface area contributed by atoms with Gasteiger partial charge in [0.05, 0.1) is 0 Å². The van der Waals surface area contributed by atoms with Gasteiger partial charge in [-0.1, -0.05) is 11.6 Å². The quantitative estimate of drug-likeness (QED) is 0.829. The Morgan fingerprint density at radius 3 is 2.88 bits per heavy atom. The van der Waals surface area contributed by atoms with E-state index in [0.717, 1.165) is 17.2 Å². The van der Waals surface area contributed by atoms with Crippen LogP contribution in [0.1, 0.15) is 0 Å². The first-order chi connectivity index (χ1) is 8.31. The van der Waals surface area contributed by atoms with E-state index in [0.29, 0.717) is 11.0 Å². The van der Waals surface area contributed by atoms with Crippen molar-refractivity contribution in [2.24, 2.45) is 0 Å². The van der Waals surface area contributed by atoms with Crippen LogP contribution in [0.4, 0.5) is 11.5 Å². The summed E-state index contributed by atoms with van der Waals surface area (Å²) in [6, 6.07) is 7.21. The number of aromatic nitrogens is 2. The zero-order chi connectivity index (χ0) is 11.7. The van der Waals surface area contributed by atoms with Crippen LogP contribution in [0.3, 0.4) is 0 Å². The summed E-state index contributed by atoms with van der Waals surface area (Å²) in [5.41, 5.74) is 0.851. The van der Waals surface area contributed by atoms with Gasteiger partial charge < -0.3 is 14.8 Å². The number of rotatable bonds is 2. The van der Waals surface area contributed by atoms with Crippen molar-refractivity contribution >= 4 is 23.1 Å². The van der Waals surface area contributed by atoms with Crippen LogP contribution in [0.15, 0.2) is 30.6 Å². The molecule has 1 N–H and O–H groups in total. The second-order valence-corrected chi connectivity index (χ2v) is 3.81. The number of benzene rings is 1. The molecule has 2 heterocycles. The average Bonchev–Trinajstić information content (AvgIpc) is 2.76. The number of hydrogen-bond donors (Lipinski definition) is 1. The number of hydrogen-bond acceptors (Lipinski definition) is 5. The van der Waals surface area contributed by atoms with Crippen LogP contribution in [0.25, 0.3) is 0 Å². The molecule has 1 aromatic heterocycles. The molecule has 0 bridgehead atoms. The second kappa shape index (κ2) is 4.10. The lowest BCUT2D eigenvalue weighted by Gasteiger charge is -2.06. The van der Waals surface area contributed by atoms with Gasteiger partial charge in [0, 0.05) is 17.8 Å². The predicted molar refractivity (Wildman–Crippen MR) is 62.9 cm³/mol. The van der Waals surface area contributed by atoms with Crippen LogP contribution in [-0.2, 0) is 0 Å². The lowest BCUT2D eigenvalue weighted by Crippen LogP contribution is -1.94. The highest BCUT2D eigenvalue weighted by molar-refractivity contribution is 6.29. The normalized spacial score (nSPS) is 12.5. The molecule has 5 nitrogen and oxygen atoms in total. The standard InChI is InChI=1S/C11H8ClN3O2/c12-10-4-11(14-5-13-10)15-7-1-2-8-9(3-7)17-6-16-8/h1-5H,6H2,(H,13,14,15). The first-order valence-corrected chi connectivity index (χ1v) is 5.33. The highest BCUT2D eigenvalue weighted by atomic mass is 35.5. The Kier molecular flexibility index (Phi) is 2.45. The number of nitrogens with zero attached hydrogens (tertiary/aromatic N) is 2. The van der Waals surface area contributed by atoms with Crippen molar-refractivity contribution in [3.63, 3.8) is 0 Å². The summed E-state index contributed by atoms with van der Waals surface area (Å²) in [6.45, 7) is 0.262. The maximum atomic E-state index is 5.77. The Balaban J connectivity index is 1.86. The van der Waals surface area contributed by atoms with Gasteiger partial charge in [0.15, 0.2) is 11.5 Å². The minimum Gasteiger partial charge on any atom is -0.454 e. The van der Waals surface area contributed by atoms with Crippen LogP contribution in [0.5, 0.6) is 11.5 Å². The third kappa shape index (κ3) is 2.09. The summed E-state index contributed by atoms with van der Waals surface area (Å²) in [5.74, 6) is 2.09. The first-order valence-electron chi connectivity index (χ1n) is 4.95. The Labute approximate surface area is 102 Å². The van der Waals surface area contributed by atoms with Crippen LogP contribution >= 0.6 is 11.6 Å². The summed E-state index contributed by atoms with van der Waals surface area (Å²) in [4.78, 5) is 7.86. The van der Waals surface area contributed by atoms with Gasteiger partial charge in [-0.2, -0.15) is 0 Å². The van der Waals surface area contributed by atoms with E-state index in [4.69, 9.17) is 21.1 Å². The summed E-state index contributed by atoms with van der Waals surface area (Å²) < 4.78 is 10.5. The molecular formula is C11H8ClN3O2. The van der Waals surface area contributed by atoms with Gasteiger partial charge in [-0.25, -0.2) is 9.97 Å². The van der Waals surface area contributed by atoms with Gasteiger partial charge in [-0.05, 0) is 12.1 Å². The van der Waals surface area contributed by atoms with Gasteiger partial charge in [-0.15, -0.1) is 0 Å². The van der Waals surface area contributed by atoms with Gasteiger partial charge in [0.2, 0.25) is 6.79 Å².